The molecule has 0 aliphatic carbocycles. The highest BCUT2D eigenvalue weighted by molar-refractivity contribution is 7.80. The summed E-state index contributed by atoms with van der Waals surface area (Å²) in [5, 5.41) is 28.2. The minimum Gasteiger partial charge on any atom is -0.478 e. The monoisotopic (exact) mass is 276 g/mol. The van der Waals surface area contributed by atoms with E-state index in [0.29, 0.717) is 17.7 Å². The molecule has 0 saturated carbocycles. The average molecular weight is 277 g/mol. The van der Waals surface area contributed by atoms with E-state index in [2.05, 4.69) is 12.6 Å². The Morgan fingerprint density at radius 2 is 2.06 bits per heavy atom. The van der Waals surface area contributed by atoms with Crippen molar-refractivity contribution >= 4 is 30.2 Å². The number of carbonyl (C=O) groups is 1. The number of benzene rings is 1. The van der Waals surface area contributed by atoms with E-state index in [1.165, 1.54) is 18.2 Å². The second kappa shape index (κ2) is 6.26. The molecule has 0 bridgehead atoms. The molecule has 0 aromatic heterocycles. The number of hydrogen-bond donors (Lipinski definition) is 4. The zero-order chi connectivity index (χ0) is 13.0. The molecule has 1 aromatic rings. The van der Waals surface area contributed by atoms with Crippen LogP contribution in [0.2, 0.25) is 5.02 Å². The van der Waals surface area contributed by atoms with E-state index in [1.54, 1.807) is 0 Å². The molecule has 2 unspecified atom stereocenters. The van der Waals surface area contributed by atoms with Crippen LogP contribution in [0.5, 0.6) is 0 Å². The lowest BCUT2D eigenvalue weighted by molar-refractivity contribution is 0.0172. The number of aromatic carboxylic acids is 1. The Kier molecular flexibility index (Phi) is 5.27. The predicted octanol–water partition coefficient (Wildman–Crippen LogP) is 1.75. The van der Waals surface area contributed by atoms with Crippen molar-refractivity contribution in [2.24, 2.45) is 0 Å². The quantitative estimate of drug-likeness (QED) is 0.618. The standard InChI is InChI=1S/C11H13ClO4S/c12-8-5-6(1-2-7(8)11(15)16)10(14)9(13)3-4-17/h1-2,5,9-10,13-14,17H,3-4H2,(H,15,16). The van der Waals surface area contributed by atoms with Gasteiger partial charge in [-0.05, 0) is 29.9 Å². The first kappa shape index (κ1) is 14.3. The highest BCUT2D eigenvalue weighted by Gasteiger charge is 2.19. The third-order valence-corrected chi connectivity index (χ3v) is 2.93. The molecule has 0 heterocycles. The molecule has 1 rings (SSSR count). The van der Waals surface area contributed by atoms with E-state index in [-0.39, 0.29) is 10.6 Å². The van der Waals surface area contributed by atoms with E-state index >= 15 is 0 Å². The summed E-state index contributed by atoms with van der Waals surface area (Å²) in [6.45, 7) is 0. The Balaban J connectivity index is 2.93. The van der Waals surface area contributed by atoms with Crippen LogP contribution in [-0.2, 0) is 0 Å². The number of aliphatic hydroxyl groups excluding tert-OH is 2. The molecule has 6 heteroatoms. The lowest BCUT2D eigenvalue weighted by Crippen LogP contribution is -2.18. The van der Waals surface area contributed by atoms with E-state index in [0.717, 1.165) is 0 Å². The molecule has 3 N–H and O–H groups in total. The van der Waals surface area contributed by atoms with E-state index in [4.69, 9.17) is 16.7 Å². The minimum atomic E-state index is -1.13. The molecular formula is C11H13ClO4S. The first-order chi connectivity index (χ1) is 7.97. The Hall–Kier alpha value is -0.750. The van der Waals surface area contributed by atoms with Crippen LogP contribution in [0.3, 0.4) is 0 Å². The number of thiol groups is 1. The first-order valence-electron chi connectivity index (χ1n) is 4.97. The van der Waals surface area contributed by atoms with Gasteiger partial charge in [0.05, 0.1) is 16.7 Å². The molecule has 0 aliphatic rings. The summed E-state index contributed by atoms with van der Waals surface area (Å²) in [4.78, 5) is 10.7. The van der Waals surface area contributed by atoms with Crippen LogP contribution >= 0.6 is 24.2 Å². The van der Waals surface area contributed by atoms with E-state index in [1.807, 2.05) is 0 Å². The SMILES string of the molecule is O=C(O)c1ccc(C(O)C(O)CCS)cc1Cl. The van der Waals surface area contributed by atoms with Gasteiger partial charge < -0.3 is 15.3 Å². The van der Waals surface area contributed by atoms with Gasteiger partial charge in [0.15, 0.2) is 0 Å². The Morgan fingerprint density at radius 1 is 1.41 bits per heavy atom. The largest absolute Gasteiger partial charge is 0.478 e. The summed E-state index contributed by atoms with van der Waals surface area (Å²) < 4.78 is 0. The zero-order valence-corrected chi connectivity index (χ0v) is 10.5. The summed E-state index contributed by atoms with van der Waals surface area (Å²) in [7, 11) is 0. The average Bonchev–Trinajstić information content (AvgIpc) is 2.27. The highest BCUT2D eigenvalue weighted by Crippen LogP contribution is 2.25. The van der Waals surface area contributed by atoms with Crippen molar-refractivity contribution in [3.05, 3.63) is 34.3 Å². The van der Waals surface area contributed by atoms with Crippen molar-refractivity contribution in [2.75, 3.05) is 5.75 Å². The second-order valence-corrected chi connectivity index (χ2v) is 4.42. The van der Waals surface area contributed by atoms with Crippen LogP contribution in [0.4, 0.5) is 0 Å². The fourth-order valence-corrected chi connectivity index (χ4v) is 1.94. The predicted molar refractivity (Wildman–Crippen MR) is 67.8 cm³/mol. The van der Waals surface area contributed by atoms with E-state index < -0.39 is 18.2 Å². The number of aliphatic hydroxyl groups is 2. The summed E-state index contributed by atoms with van der Waals surface area (Å²) in [6, 6.07) is 4.08. The van der Waals surface area contributed by atoms with Gasteiger partial charge in [-0.2, -0.15) is 12.6 Å². The van der Waals surface area contributed by atoms with Gasteiger partial charge in [0.1, 0.15) is 6.10 Å². The van der Waals surface area contributed by atoms with Gasteiger partial charge in [-0.25, -0.2) is 4.79 Å². The number of carboxylic acids is 1. The third kappa shape index (κ3) is 3.61. The van der Waals surface area contributed by atoms with Crippen molar-refractivity contribution < 1.29 is 20.1 Å². The lowest BCUT2D eigenvalue weighted by Gasteiger charge is -2.17. The van der Waals surface area contributed by atoms with Crippen LogP contribution in [0.1, 0.15) is 28.4 Å². The number of rotatable bonds is 5. The second-order valence-electron chi connectivity index (χ2n) is 3.57. The molecule has 0 radical (unpaired) electrons. The van der Waals surface area contributed by atoms with Gasteiger partial charge in [-0.15, -0.1) is 0 Å². The van der Waals surface area contributed by atoms with Gasteiger partial charge >= 0.3 is 5.97 Å². The number of halogens is 1. The van der Waals surface area contributed by atoms with Crippen molar-refractivity contribution in [2.45, 2.75) is 18.6 Å². The van der Waals surface area contributed by atoms with Gasteiger partial charge in [-0.1, -0.05) is 17.7 Å². The number of hydrogen-bond acceptors (Lipinski definition) is 4. The Bertz CT molecular complexity index is 410. The molecule has 94 valence electrons. The molecule has 0 spiro atoms. The van der Waals surface area contributed by atoms with E-state index in [9.17, 15) is 15.0 Å². The number of carboxylic acid groups (broad SMARTS) is 1. The van der Waals surface area contributed by atoms with Crippen molar-refractivity contribution in [3.8, 4) is 0 Å². The van der Waals surface area contributed by atoms with Crippen LogP contribution in [-0.4, -0.2) is 33.1 Å². The maximum Gasteiger partial charge on any atom is 0.337 e. The molecule has 2 atom stereocenters. The maximum absolute atomic E-state index is 10.7. The molecule has 0 saturated heterocycles. The van der Waals surface area contributed by atoms with Crippen LogP contribution in [0, 0.1) is 0 Å². The first-order valence-corrected chi connectivity index (χ1v) is 5.98. The molecule has 17 heavy (non-hydrogen) atoms. The van der Waals surface area contributed by atoms with Crippen molar-refractivity contribution in [1.29, 1.82) is 0 Å². The summed E-state index contributed by atoms with van der Waals surface area (Å²) in [5.74, 6) is -0.689. The molecular weight excluding hydrogens is 264 g/mol. The zero-order valence-electron chi connectivity index (χ0n) is 8.88. The molecule has 0 aliphatic heterocycles. The van der Waals surface area contributed by atoms with Crippen LogP contribution in [0.15, 0.2) is 18.2 Å². The topological polar surface area (TPSA) is 77.8 Å². The van der Waals surface area contributed by atoms with Crippen molar-refractivity contribution in [3.63, 3.8) is 0 Å². The maximum atomic E-state index is 10.7. The van der Waals surface area contributed by atoms with Gasteiger partial charge in [0.2, 0.25) is 0 Å². The highest BCUT2D eigenvalue weighted by atomic mass is 35.5. The van der Waals surface area contributed by atoms with Gasteiger partial charge in [0, 0.05) is 0 Å². The normalized spacial score (nSPS) is 14.4. The molecule has 4 nitrogen and oxygen atoms in total. The Morgan fingerprint density at radius 3 is 2.53 bits per heavy atom. The van der Waals surface area contributed by atoms with Crippen molar-refractivity contribution in [1.82, 2.24) is 0 Å². The van der Waals surface area contributed by atoms with Gasteiger partial charge in [-0.3, -0.25) is 0 Å². The van der Waals surface area contributed by atoms with Gasteiger partial charge in [0.25, 0.3) is 0 Å². The third-order valence-electron chi connectivity index (χ3n) is 2.35. The van der Waals surface area contributed by atoms with Crippen LogP contribution in [0.25, 0.3) is 0 Å². The summed E-state index contributed by atoms with van der Waals surface area (Å²) in [6.07, 6.45) is -1.70. The van der Waals surface area contributed by atoms with Crippen LogP contribution < -0.4 is 0 Å². The summed E-state index contributed by atoms with van der Waals surface area (Å²) in [5.41, 5.74) is 0.348. The summed E-state index contributed by atoms with van der Waals surface area (Å²) >= 11 is 9.72. The molecule has 0 fully saturated rings. The Labute approximate surface area is 109 Å². The molecule has 0 amide bonds. The molecule has 1 aromatic carbocycles. The lowest BCUT2D eigenvalue weighted by atomic mass is 10.0. The smallest absolute Gasteiger partial charge is 0.337 e. The fourth-order valence-electron chi connectivity index (χ4n) is 1.40. The minimum absolute atomic E-state index is 0.0344. The fraction of sp³-hybridized carbons (Fsp3) is 0.364.